The van der Waals surface area contributed by atoms with Crippen molar-refractivity contribution in [3.63, 3.8) is 0 Å². The number of carbonyl (C=O) groups is 1. The average molecular weight is 260 g/mol. The molecule has 2 unspecified atom stereocenters. The first-order valence-corrected chi connectivity index (χ1v) is 6.94. The van der Waals surface area contributed by atoms with Crippen molar-refractivity contribution in [1.29, 1.82) is 0 Å². The van der Waals surface area contributed by atoms with Crippen LogP contribution >= 0.6 is 0 Å². The number of carbonyl (C=O) groups excluding carboxylic acids is 1. The number of fused-ring (bicyclic) bond motifs is 4. The third kappa shape index (κ3) is 1.96. The predicted octanol–water partition coefficient (Wildman–Crippen LogP) is 2.50. The van der Waals surface area contributed by atoms with Gasteiger partial charge in [0.15, 0.2) is 0 Å². The van der Waals surface area contributed by atoms with Gasteiger partial charge in [-0.15, -0.1) is 0 Å². The van der Waals surface area contributed by atoms with E-state index in [1.807, 2.05) is 12.1 Å². The molecule has 1 aliphatic carbocycles. The van der Waals surface area contributed by atoms with Crippen molar-refractivity contribution in [2.24, 2.45) is 5.92 Å². The van der Waals surface area contributed by atoms with Gasteiger partial charge in [0, 0.05) is 19.1 Å². The van der Waals surface area contributed by atoms with Crippen LogP contribution in [0.5, 0.6) is 5.75 Å². The summed E-state index contributed by atoms with van der Waals surface area (Å²) in [5.74, 6) is 1.33. The number of methoxy groups -OCH3 is 1. The fourth-order valence-electron chi connectivity index (χ4n) is 3.41. The van der Waals surface area contributed by atoms with Crippen molar-refractivity contribution in [3.05, 3.63) is 29.3 Å². The van der Waals surface area contributed by atoms with Crippen LogP contribution in [-0.2, 0) is 21.4 Å². The number of hydrogen-bond acceptors (Lipinski definition) is 3. The Balaban J connectivity index is 2.12. The molecule has 1 fully saturated rings. The van der Waals surface area contributed by atoms with E-state index in [1.54, 1.807) is 7.11 Å². The summed E-state index contributed by atoms with van der Waals surface area (Å²) in [7, 11) is 1.67. The molecule has 3 nitrogen and oxygen atoms in total. The van der Waals surface area contributed by atoms with E-state index in [0.717, 1.165) is 30.6 Å². The molecule has 0 N–H and O–H groups in total. The Morgan fingerprint density at radius 2 is 2.21 bits per heavy atom. The van der Waals surface area contributed by atoms with Crippen molar-refractivity contribution in [2.45, 2.75) is 31.6 Å². The van der Waals surface area contributed by atoms with Crippen molar-refractivity contribution in [3.8, 4) is 5.75 Å². The molecule has 2 aliphatic rings. The van der Waals surface area contributed by atoms with E-state index in [4.69, 9.17) is 9.47 Å². The van der Waals surface area contributed by atoms with Crippen molar-refractivity contribution in [1.82, 2.24) is 0 Å². The van der Waals surface area contributed by atoms with Gasteiger partial charge in [-0.2, -0.15) is 0 Å². The second kappa shape index (κ2) is 4.64. The summed E-state index contributed by atoms with van der Waals surface area (Å²) in [6.45, 7) is 3.43. The van der Waals surface area contributed by atoms with Crippen LogP contribution in [0.4, 0.5) is 0 Å². The third-order valence-corrected chi connectivity index (χ3v) is 4.65. The molecule has 0 radical (unpaired) electrons. The molecule has 0 aromatic heterocycles. The van der Waals surface area contributed by atoms with Crippen LogP contribution in [0.1, 0.15) is 30.9 Å². The Labute approximate surface area is 113 Å². The van der Waals surface area contributed by atoms with Crippen LogP contribution in [0.3, 0.4) is 0 Å². The molecule has 1 aromatic rings. The van der Waals surface area contributed by atoms with Crippen LogP contribution in [0.25, 0.3) is 0 Å². The van der Waals surface area contributed by atoms with E-state index >= 15 is 0 Å². The van der Waals surface area contributed by atoms with Crippen LogP contribution in [0.15, 0.2) is 18.2 Å². The van der Waals surface area contributed by atoms with Crippen LogP contribution < -0.4 is 4.74 Å². The average Bonchev–Trinajstić information content (AvgIpc) is 2.43. The number of ketones is 1. The molecule has 0 spiro atoms. The molecule has 19 heavy (non-hydrogen) atoms. The minimum Gasteiger partial charge on any atom is -0.497 e. The summed E-state index contributed by atoms with van der Waals surface area (Å²) in [5, 5.41) is 0. The van der Waals surface area contributed by atoms with E-state index in [0.29, 0.717) is 19.0 Å². The molecule has 3 rings (SSSR count). The summed E-state index contributed by atoms with van der Waals surface area (Å²) in [6, 6.07) is 6.15. The molecular formula is C16H20O3. The Hall–Kier alpha value is -1.35. The lowest BCUT2D eigenvalue weighted by atomic mass is 9.64. The molecule has 2 bridgehead atoms. The Morgan fingerprint density at radius 3 is 3.00 bits per heavy atom. The first kappa shape index (κ1) is 12.7. The van der Waals surface area contributed by atoms with Gasteiger partial charge in [0.1, 0.15) is 11.5 Å². The zero-order chi connectivity index (χ0) is 13.5. The van der Waals surface area contributed by atoms with Gasteiger partial charge in [-0.1, -0.05) is 6.07 Å². The molecule has 3 heteroatoms. The Kier molecular flexibility index (Phi) is 3.09. The van der Waals surface area contributed by atoms with E-state index < -0.39 is 5.41 Å². The van der Waals surface area contributed by atoms with Gasteiger partial charge < -0.3 is 9.47 Å². The molecule has 102 valence electrons. The standard InChI is InChI=1S/C16H20O3/c1-16-6-8-19-7-5-12(15(16)17)9-11-3-4-13(18-2)10-14(11)16/h3-4,10,12H,5-9H2,1-2H3. The van der Waals surface area contributed by atoms with Crippen molar-refractivity contribution >= 4 is 5.78 Å². The third-order valence-electron chi connectivity index (χ3n) is 4.65. The fourth-order valence-corrected chi connectivity index (χ4v) is 3.41. The number of Topliss-reactive ketones (excluding diaryl/α,β-unsaturated/α-hetero) is 1. The van der Waals surface area contributed by atoms with Gasteiger partial charge in [0.05, 0.1) is 12.5 Å². The topological polar surface area (TPSA) is 35.5 Å². The minimum atomic E-state index is -0.410. The Morgan fingerprint density at radius 1 is 1.37 bits per heavy atom. The highest BCUT2D eigenvalue weighted by Gasteiger charge is 2.45. The van der Waals surface area contributed by atoms with Gasteiger partial charge in [-0.25, -0.2) is 0 Å². The Bertz CT molecular complexity index is 509. The smallest absolute Gasteiger partial charge is 0.146 e. The SMILES string of the molecule is COc1ccc2c(c1)C1(C)CCOCCC(C2)C1=O. The molecule has 1 aromatic carbocycles. The summed E-state index contributed by atoms with van der Waals surface area (Å²) in [4.78, 5) is 12.8. The van der Waals surface area contributed by atoms with E-state index in [1.165, 1.54) is 5.56 Å². The maximum atomic E-state index is 12.8. The summed E-state index contributed by atoms with van der Waals surface area (Å²) < 4.78 is 10.9. The summed E-state index contributed by atoms with van der Waals surface area (Å²) in [5.41, 5.74) is 2.03. The highest BCUT2D eigenvalue weighted by Crippen LogP contribution is 2.42. The van der Waals surface area contributed by atoms with E-state index in [2.05, 4.69) is 13.0 Å². The number of ether oxygens (including phenoxy) is 2. The first-order valence-electron chi connectivity index (χ1n) is 6.94. The quantitative estimate of drug-likeness (QED) is 0.778. The van der Waals surface area contributed by atoms with Crippen LogP contribution in [0, 0.1) is 5.92 Å². The lowest BCUT2D eigenvalue weighted by molar-refractivity contribution is -0.131. The zero-order valence-electron chi connectivity index (χ0n) is 11.6. The van der Waals surface area contributed by atoms with E-state index in [-0.39, 0.29) is 5.92 Å². The van der Waals surface area contributed by atoms with Crippen molar-refractivity contribution in [2.75, 3.05) is 20.3 Å². The zero-order valence-corrected chi connectivity index (χ0v) is 11.6. The summed E-state index contributed by atoms with van der Waals surface area (Å²) in [6.07, 6.45) is 2.46. The normalized spacial score (nSPS) is 30.2. The second-order valence-corrected chi connectivity index (χ2v) is 5.77. The van der Waals surface area contributed by atoms with Gasteiger partial charge in [-0.05, 0) is 49.4 Å². The molecule has 2 atom stereocenters. The number of hydrogen-bond donors (Lipinski definition) is 0. The van der Waals surface area contributed by atoms with Crippen LogP contribution in [-0.4, -0.2) is 26.1 Å². The highest BCUT2D eigenvalue weighted by atomic mass is 16.5. The molecule has 1 saturated heterocycles. The molecule has 1 aliphatic heterocycles. The second-order valence-electron chi connectivity index (χ2n) is 5.77. The molecule has 0 amide bonds. The number of benzene rings is 1. The van der Waals surface area contributed by atoms with E-state index in [9.17, 15) is 4.79 Å². The first-order chi connectivity index (χ1) is 9.15. The predicted molar refractivity (Wildman–Crippen MR) is 72.6 cm³/mol. The lowest BCUT2D eigenvalue weighted by Crippen LogP contribution is -2.45. The maximum absolute atomic E-state index is 12.8. The van der Waals surface area contributed by atoms with Gasteiger partial charge in [0.25, 0.3) is 0 Å². The van der Waals surface area contributed by atoms with Gasteiger partial charge in [-0.3, -0.25) is 4.79 Å². The minimum absolute atomic E-state index is 0.117. The highest BCUT2D eigenvalue weighted by molar-refractivity contribution is 5.94. The summed E-state index contributed by atoms with van der Waals surface area (Å²) >= 11 is 0. The fraction of sp³-hybridized carbons (Fsp3) is 0.562. The van der Waals surface area contributed by atoms with Crippen molar-refractivity contribution < 1.29 is 14.3 Å². The molecule has 1 heterocycles. The monoisotopic (exact) mass is 260 g/mol. The number of rotatable bonds is 1. The molecule has 0 saturated carbocycles. The maximum Gasteiger partial charge on any atom is 0.146 e. The van der Waals surface area contributed by atoms with Gasteiger partial charge >= 0.3 is 0 Å². The van der Waals surface area contributed by atoms with Crippen LogP contribution in [0.2, 0.25) is 0 Å². The van der Waals surface area contributed by atoms with Gasteiger partial charge in [0.2, 0.25) is 0 Å². The largest absolute Gasteiger partial charge is 0.497 e. The lowest BCUT2D eigenvalue weighted by Gasteiger charge is -2.40. The molecular weight excluding hydrogens is 240 g/mol.